The molecule has 0 spiro atoms. The first kappa shape index (κ1) is 25.4. The summed E-state index contributed by atoms with van der Waals surface area (Å²) >= 11 is 0. The van der Waals surface area contributed by atoms with Crippen molar-refractivity contribution in [2.24, 2.45) is 7.05 Å². The largest absolute Gasteiger partial charge is 0.367 e. The van der Waals surface area contributed by atoms with Gasteiger partial charge in [-0.05, 0) is 19.9 Å². The number of aryl methyl sites for hydroxylation is 2. The lowest BCUT2D eigenvalue weighted by molar-refractivity contribution is 0.101. The summed E-state index contributed by atoms with van der Waals surface area (Å²) in [6.07, 6.45) is -0.824. The highest BCUT2D eigenvalue weighted by atomic mass is 19.3. The maximum atomic E-state index is 16.0. The number of pyridine rings is 2. The van der Waals surface area contributed by atoms with E-state index < -0.39 is 46.2 Å². The normalized spacial score (nSPS) is 15.9. The first-order valence-electron chi connectivity index (χ1n) is 11.3. The van der Waals surface area contributed by atoms with E-state index in [2.05, 4.69) is 15.6 Å². The second kappa shape index (κ2) is 10.1. The summed E-state index contributed by atoms with van der Waals surface area (Å²) in [4.78, 5) is 30.8. The Morgan fingerprint density at radius 2 is 2.00 bits per heavy atom. The molecule has 36 heavy (non-hydrogen) atoms. The number of halogens is 4. The minimum atomic E-state index is -3.11. The van der Waals surface area contributed by atoms with E-state index >= 15 is 8.78 Å². The highest BCUT2D eigenvalue weighted by Gasteiger charge is 2.28. The van der Waals surface area contributed by atoms with E-state index in [0.717, 1.165) is 16.8 Å². The Kier molecular flexibility index (Phi) is 7.11. The summed E-state index contributed by atoms with van der Waals surface area (Å²) in [5.74, 6) is -2.96. The molecule has 1 saturated heterocycles. The molecule has 11 heteroatoms. The summed E-state index contributed by atoms with van der Waals surface area (Å²) < 4.78 is 59.5. The van der Waals surface area contributed by atoms with Crippen molar-refractivity contribution in [2.45, 2.75) is 26.3 Å². The lowest BCUT2D eigenvalue weighted by atomic mass is 10.0. The van der Waals surface area contributed by atoms with Crippen molar-refractivity contribution in [1.29, 1.82) is 0 Å². The summed E-state index contributed by atoms with van der Waals surface area (Å²) in [5, 5.41) is 5.62. The number of hydrogen-bond donors (Lipinski definition) is 2. The van der Waals surface area contributed by atoms with Gasteiger partial charge in [-0.1, -0.05) is 6.07 Å². The van der Waals surface area contributed by atoms with Crippen LogP contribution in [0.2, 0.25) is 0 Å². The van der Waals surface area contributed by atoms with Gasteiger partial charge in [-0.3, -0.25) is 14.6 Å². The number of anilines is 2. The van der Waals surface area contributed by atoms with Gasteiger partial charge < -0.3 is 20.1 Å². The highest BCUT2D eigenvalue weighted by Crippen LogP contribution is 2.39. The van der Waals surface area contributed by atoms with E-state index in [9.17, 15) is 18.4 Å². The van der Waals surface area contributed by atoms with E-state index in [1.54, 1.807) is 17.9 Å². The van der Waals surface area contributed by atoms with Crippen molar-refractivity contribution in [3.8, 4) is 11.1 Å². The SMILES string of the molecule is Cc1ccc(-c2c(F)cc(N3CCN[C@@H](C)C3)c(NC(=O)c3cn(C)c(=O)cc3C(F)F)c2F)cn1. The van der Waals surface area contributed by atoms with Crippen molar-refractivity contribution in [1.82, 2.24) is 14.9 Å². The van der Waals surface area contributed by atoms with Crippen LogP contribution in [0.3, 0.4) is 0 Å². The Hall–Kier alpha value is -3.73. The summed E-state index contributed by atoms with van der Waals surface area (Å²) in [5.41, 5.74) is -1.86. The zero-order valence-electron chi connectivity index (χ0n) is 19.9. The molecule has 1 fully saturated rings. The van der Waals surface area contributed by atoms with E-state index in [0.29, 0.717) is 31.4 Å². The van der Waals surface area contributed by atoms with Gasteiger partial charge in [0.15, 0.2) is 5.82 Å². The van der Waals surface area contributed by atoms with Gasteiger partial charge in [0.05, 0.1) is 16.8 Å². The molecule has 1 aliphatic rings. The number of aromatic nitrogens is 2. The predicted molar refractivity (Wildman–Crippen MR) is 129 cm³/mol. The maximum absolute atomic E-state index is 16.0. The zero-order valence-corrected chi connectivity index (χ0v) is 19.9. The van der Waals surface area contributed by atoms with Crippen LogP contribution in [-0.2, 0) is 7.05 Å². The first-order valence-corrected chi connectivity index (χ1v) is 11.3. The highest BCUT2D eigenvalue weighted by molar-refractivity contribution is 6.07. The second-order valence-corrected chi connectivity index (χ2v) is 8.78. The quantitative estimate of drug-likeness (QED) is 0.515. The van der Waals surface area contributed by atoms with E-state index in [-0.39, 0.29) is 23.0 Å². The van der Waals surface area contributed by atoms with Gasteiger partial charge in [0.25, 0.3) is 17.9 Å². The lowest BCUT2D eigenvalue weighted by Gasteiger charge is -2.35. The molecule has 1 aliphatic heterocycles. The Morgan fingerprint density at radius 1 is 1.25 bits per heavy atom. The Balaban J connectivity index is 1.86. The lowest BCUT2D eigenvalue weighted by Crippen LogP contribution is -2.49. The Labute approximate surface area is 204 Å². The van der Waals surface area contributed by atoms with Crippen LogP contribution in [-0.4, -0.2) is 41.1 Å². The molecule has 0 unspecified atom stereocenters. The predicted octanol–water partition coefficient (Wildman–Crippen LogP) is 4.02. The van der Waals surface area contributed by atoms with Gasteiger partial charge in [0.2, 0.25) is 0 Å². The van der Waals surface area contributed by atoms with Crippen molar-refractivity contribution < 1.29 is 22.4 Å². The molecule has 1 aromatic carbocycles. The fraction of sp³-hybridized carbons (Fsp3) is 0.320. The monoisotopic (exact) mass is 503 g/mol. The maximum Gasteiger partial charge on any atom is 0.264 e. The third kappa shape index (κ3) is 4.97. The molecular weight excluding hydrogens is 478 g/mol. The number of nitrogens with one attached hydrogen (secondary N) is 2. The number of carbonyl (C=O) groups is 1. The van der Waals surface area contributed by atoms with Gasteiger partial charge in [0, 0.05) is 74.1 Å². The molecule has 3 heterocycles. The smallest absolute Gasteiger partial charge is 0.264 e. The van der Waals surface area contributed by atoms with Gasteiger partial charge in [-0.25, -0.2) is 17.6 Å². The average molecular weight is 504 g/mol. The third-order valence-electron chi connectivity index (χ3n) is 6.09. The minimum absolute atomic E-state index is 0.00323. The van der Waals surface area contributed by atoms with E-state index in [1.165, 1.54) is 19.3 Å². The molecule has 190 valence electrons. The van der Waals surface area contributed by atoms with Crippen LogP contribution < -0.4 is 21.1 Å². The van der Waals surface area contributed by atoms with Crippen molar-refractivity contribution in [3.05, 3.63) is 75.5 Å². The number of piperazine rings is 1. The molecule has 2 N–H and O–H groups in total. The van der Waals surface area contributed by atoms with E-state index in [1.807, 2.05) is 6.92 Å². The molecule has 3 aromatic rings. The van der Waals surface area contributed by atoms with E-state index in [4.69, 9.17) is 0 Å². The van der Waals surface area contributed by atoms with Crippen LogP contribution in [0, 0.1) is 18.6 Å². The van der Waals surface area contributed by atoms with Gasteiger partial charge >= 0.3 is 0 Å². The molecule has 1 atom stereocenters. The summed E-state index contributed by atoms with van der Waals surface area (Å²) in [6, 6.07) is 4.90. The fourth-order valence-electron chi connectivity index (χ4n) is 4.20. The molecule has 0 saturated carbocycles. The summed E-state index contributed by atoms with van der Waals surface area (Å²) in [7, 11) is 1.31. The Morgan fingerprint density at radius 3 is 2.64 bits per heavy atom. The van der Waals surface area contributed by atoms with Crippen LogP contribution in [0.1, 0.15) is 35.0 Å². The molecule has 0 radical (unpaired) electrons. The number of rotatable bonds is 5. The average Bonchev–Trinajstić information content (AvgIpc) is 2.83. The molecule has 4 rings (SSSR count). The topological polar surface area (TPSA) is 79.3 Å². The standard InChI is InChI=1S/C25H25F4N5O2/c1-13-4-5-15(10-31-13)21-18(26)9-19(34-7-6-30-14(2)11-34)23(22(21)27)32-25(36)17-12-33(3)20(35)8-16(17)24(28)29/h4-5,8-10,12,14,24,30H,6-7,11H2,1-3H3,(H,32,36)/t14-/m0/s1. The number of nitrogens with zero attached hydrogens (tertiary/aromatic N) is 3. The number of hydrogen-bond acceptors (Lipinski definition) is 5. The number of benzene rings is 1. The van der Waals surface area contributed by atoms with Crippen LogP contribution in [0.15, 0.2) is 41.5 Å². The van der Waals surface area contributed by atoms with Gasteiger partial charge in [0.1, 0.15) is 11.5 Å². The van der Waals surface area contributed by atoms with Crippen molar-refractivity contribution in [3.63, 3.8) is 0 Å². The molecule has 2 aromatic heterocycles. The number of amides is 1. The van der Waals surface area contributed by atoms with Crippen LogP contribution in [0.25, 0.3) is 11.1 Å². The summed E-state index contributed by atoms with van der Waals surface area (Å²) in [6.45, 7) is 4.97. The van der Waals surface area contributed by atoms with Crippen molar-refractivity contribution in [2.75, 3.05) is 29.9 Å². The van der Waals surface area contributed by atoms with Crippen molar-refractivity contribution >= 4 is 17.3 Å². The zero-order chi connectivity index (χ0) is 26.1. The molecule has 7 nitrogen and oxygen atoms in total. The number of carbonyl (C=O) groups excluding carboxylic acids is 1. The fourth-order valence-corrected chi connectivity index (χ4v) is 4.20. The molecule has 1 amide bonds. The Bertz CT molecular complexity index is 1360. The number of alkyl halides is 2. The van der Waals surface area contributed by atoms with Crippen LogP contribution in [0.5, 0.6) is 0 Å². The van der Waals surface area contributed by atoms with Crippen LogP contribution >= 0.6 is 0 Å². The third-order valence-corrected chi connectivity index (χ3v) is 6.09. The molecule has 0 aliphatic carbocycles. The van der Waals surface area contributed by atoms with Gasteiger partial charge in [-0.15, -0.1) is 0 Å². The first-order chi connectivity index (χ1) is 17.1. The van der Waals surface area contributed by atoms with Gasteiger partial charge in [-0.2, -0.15) is 0 Å². The molecule has 0 bridgehead atoms. The van der Waals surface area contributed by atoms with Crippen LogP contribution in [0.4, 0.5) is 28.9 Å². The minimum Gasteiger partial charge on any atom is -0.367 e. The second-order valence-electron chi connectivity index (χ2n) is 8.78. The molecular formula is C25H25F4N5O2.